The van der Waals surface area contributed by atoms with Crippen molar-refractivity contribution in [1.82, 2.24) is 18.7 Å². The summed E-state index contributed by atoms with van der Waals surface area (Å²) in [6, 6.07) is 15.1. The Balaban J connectivity index is 1.72. The number of methoxy groups -OCH3 is 2. The van der Waals surface area contributed by atoms with Crippen LogP contribution in [0.3, 0.4) is 0 Å². The average molecular weight is 435 g/mol. The molecule has 2 aromatic carbocycles. The highest BCUT2D eigenvalue weighted by Crippen LogP contribution is 2.18. The third-order valence-electron chi connectivity index (χ3n) is 5.47. The van der Waals surface area contributed by atoms with Crippen molar-refractivity contribution < 1.29 is 9.47 Å². The molecule has 0 saturated carbocycles. The summed E-state index contributed by atoms with van der Waals surface area (Å²) in [6.07, 6.45) is 0. The summed E-state index contributed by atoms with van der Waals surface area (Å²) >= 11 is 0. The van der Waals surface area contributed by atoms with Gasteiger partial charge in [0.2, 0.25) is 5.95 Å². The van der Waals surface area contributed by atoms with E-state index in [1.165, 1.54) is 11.6 Å². The van der Waals surface area contributed by atoms with Crippen LogP contribution in [-0.4, -0.2) is 32.9 Å². The summed E-state index contributed by atoms with van der Waals surface area (Å²) in [5.41, 5.74) is 1.82. The van der Waals surface area contributed by atoms with Gasteiger partial charge >= 0.3 is 5.69 Å². The Morgan fingerprint density at radius 3 is 1.97 bits per heavy atom. The minimum Gasteiger partial charge on any atom is -0.497 e. The first-order chi connectivity index (χ1) is 15.4. The Morgan fingerprint density at radius 2 is 1.41 bits per heavy atom. The summed E-state index contributed by atoms with van der Waals surface area (Å²) in [5.74, 6) is 2.01. The molecule has 0 amide bonds. The molecule has 0 radical (unpaired) electrons. The average Bonchev–Trinajstić information content (AvgIpc) is 3.15. The number of ether oxygens (including phenoxy) is 2. The van der Waals surface area contributed by atoms with Gasteiger partial charge in [-0.2, -0.15) is 4.98 Å². The third kappa shape index (κ3) is 3.84. The van der Waals surface area contributed by atoms with Crippen LogP contribution in [0.5, 0.6) is 11.5 Å². The Morgan fingerprint density at radius 1 is 0.844 bits per heavy atom. The quantitative estimate of drug-likeness (QED) is 0.478. The molecule has 9 nitrogen and oxygen atoms in total. The van der Waals surface area contributed by atoms with E-state index in [1.807, 2.05) is 48.5 Å². The SMILES string of the molecule is COc1ccc(CNc2nc3c(c(=O)n(C)c(=O)n3Cc3ccc(OC)cc3)n2C)cc1. The smallest absolute Gasteiger partial charge is 0.332 e. The maximum absolute atomic E-state index is 12.9. The van der Waals surface area contributed by atoms with Crippen LogP contribution in [0.2, 0.25) is 0 Å². The van der Waals surface area contributed by atoms with Crippen LogP contribution in [0.4, 0.5) is 5.95 Å². The molecule has 1 N–H and O–H groups in total. The molecule has 2 heterocycles. The number of aryl methyl sites for hydroxylation is 1. The molecule has 0 aliphatic carbocycles. The second kappa shape index (κ2) is 8.62. The summed E-state index contributed by atoms with van der Waals surface area (Å²) < 4.78 is 14.7. The Labute approximate surface area is 184 Å². The van der Waals surface area contributed by atoms with E-state index < -0.39 is 5.69 Å². The van der Waals surface area contributed by atoms with Crippen molar-refractivity contribution in [1.29, 1.82) is 0 Å². The number of aromatic nitrogens is 4. The highest BCUT2D eigenvalue weighted by molar-refractivity contribution is 5.74. The van der Waals surface area contributed by atoms with Gasteiger partial charge < -0.3 is 19.4 Å². The zero-order valence-corrected chi connectivity index (χ0v) is 18.5. The van der Waals surface area contributed by atoms with E-state index in [4.69, 9.17) is 9.47 Å². The number of nitrogens with zero attached hydrogens (tertiary/aromatic N) is 4. The summed E-state index contributed by atoms with van der Waals surface area (Å²) in [6.45, 7) is 0.784. The van der Waals surface area contributed by atoms with Gasteiger partial charge in [-0.3, -0.25) is 13.9 Å². The van der Waals surface area contributed by atoms with Gasteiger partial charge in [-0.1, -0.05) is 24.3 Å². The molecule has 9 heteroatoms. The topological polar surface area (TPSA) is 92.3 Å². The van der Waals surface area contributed by atoms with Gasteiger partial charge in [0.1, 0.15) is 11.5 Å². The van der Waals surface area contributed by atoms with E-state index in [1.54, 1.807) is 25.8 Å². The number of imidazole rings is 1. The van der Waals surface area contributed by atoms with Gasteiger partial charge in [0.25, 0.3) is 5.56 Å². The van der Waals surface area contributed by atoms with Crippen molar-refractivity contribution in [3.05, 3.63) is 80.5 Å². The monoisotopic (exact) mass is 435 g/mol. The van der Waals surface area contributed by atoms with E-state index in [0.717, 1.165) is 27.2 Å². The predicted molar refractivity (Wildman–Crippen MR) is 123 cm³/mol. The highest BCUT2D eigenvalue weighted by Gasteiger charge is 2.19. The number of fused-ring (bicyclic) bond motifs is 1. The molecule has 32 heavy (non-hydrogen) atoms. The number of nitrogens with one attached hydrogen (secondary N) is 1. The lowest BCUT2D eigenvalue weighted by Crippen LogP contribution is -2.38. The molecule has 2 aromatic heterocycles. The first kappa shape index (κ1) is 21.2. The standard InChI is InChI=1S/C23H25N5O4/c1-26-19-20(25-22(26)24-13-15-5-9-17(31-3)10-6-15)28(23(30)27(2)21(19)29)14-16-7-11-18(32-4)12-8-16/h5-12H,13-14H2,1-4H3,(H,24,25). The fraction of sp³-hybridized carbons (Fsp3) is 0.261. The Kier molecular flexibility index (Phi) is 5.72. The van der Waals surface area contributed by atoms with Crippen molar-refractivity contribution in [2.24, 2.45) is 14.1 Å². The van der Waals surface area contributed by atoms with Crippen LogP contribution in [0, 0.1) is 0 Å². The molecular weight excluding hydrogens is 410 g/mol. The normalized spacial score (nSPS) is 11.0. The number of hydrogen-bond donors (Lipinski definition) is 1. The Bertz CT molecular complexity index is 1370. The fourth-order valence-corrected chi connectivity index (χ4v) is 3.57. The maximum Gasteiger partial charge on any atom is 0.332 e. The van der Waals surface area contributed by atoms with E-state index >= 15 is 0 Å². The van der Waals surface area contributed by atoms with E-state index in [9.17, 15) is 9.59 Å². The van der Waals surface area contributed by atoms with Crippen LogP contribution >= 0.6 is 0 Å². The molecule has 0 aliphatic rings. The minimum atomic E-state index is -0.418. The highest BCUT2D eigenvalue weighted by atomic mass is 16.5. The van der Waals surface area contributed by atoms with Crippen molar-refractivity contribution in [2.45, 2.75) is 13.1 Å². The van der Waals surface area contributed by atoms with Gasteiger partial charge in [-0.05, 0) is 35.4 Å². The molecule has 0 atom stereocenters. The molecule has 0 spiro atoms. The van der Waals surface area contributed by atoms with Crippen molar-refractivity contribution in [3.63, 3.8) is 0 Å². The molecule has 0 saturated heterocycles. The van der Waals surface area contributed by atoms with E-state index in [-0.39, 0.29) is 12.1 Å². The van der Waals surface area contributed by atoms with Crippen molar-refractivity contribution >= 4 is 17.1 Å². The molecule has 166 valence electrons. The summed E-state index contributed by atoms with van der Waals surface area (Å²) in [7, 11) is 6.46. The number of anilines is 1. The molecule has 0 fully saturated rings. The first-order valence-electron chi connectivity index (χ1n) is 10.1. The molecule has 0 unspecified atom stereocenters. The van der Waals surface area contributed by atoms with Crippen LogP contribution in [0.15, 0.2) is 58.1 Å². The number of rotatable bonds is 7. The lowest BCUT2D eigenvalue weighted by atomic mass is 10.2. The van der Waals surface area contributed by atoms with Gasteiger partial charge in [0, 0.05) is 20.6 Å². The van der Waals surface area contributed by atoms with Gasteiger partial charge in [0.15, 0.2) is 11.2 Å². The molecule has 4 aromatic rings. The summed E-state index contributed by atoms with van der Waals surface area (Å²) in [5, 5.41) is 3.26. The second-order valence-corrected chi connectivity index (χ2v) is 7.45. The lowest BCUT2D eigenvalue weighted by molar-refractivity contribution is 0.414. The van der Waals surface area contributed by atoms with Gasteiger partial charge in [-0.25, -0.2) is 4.79 Å². The predicted octanol–water partition coefficient (Wildman–Crippen LogP) is 2.11. The zero-order chi connectivity index (χ0) is 22.8. The molecule has 0 bridgehead atoms. The van der Waals surface area contributed by atoms with E-state index in [0.29, 0.717) is 23.7 Å². The van der Waals surface area contributed by atoms with Crippen molar-refractivity contribution in [2.75, 3.05) is 19.5 Å². The van der Waals surface area contributed by atoms with Gasteiger partial charge in [-0.15, -0.1) is 0 Å². The largest absolute Gasteiger partial charge is 0.497 e. The molecular formula is C23H25N5O4. The van der Waals surface area contributed by atoms with Gasteiger partial charge in [0.05, 0.1) is 20.8 Å². The van der Waals surface area contributed by atoms with Crippen LogP contribution in [-0.2, 0) is 27.2 Å². The van der Waals surface area contributed by atoms with Crippen LogP contribution in [0.25, 0.3) is 11.2 Å². The fourth-order valence-electron chi connectivity index (χ4n) is 3.57. The maximum atomic E-state index is 12.9. The Hall–Kier alpha value is -4.01. The number of hydrogen-bond acceptors (Lipinski definition) is 6. The first-order valence-corrected chi connectivity index (χ1v) is 10.1. The second-order valence-electron chi connectivity index (χ2n) is 7.45. The zero-order valence-electron chi connectivity index (χ0n) is 18.5. The minimum absolute atomic E-state index is 0.280. The third-order valence-corrected chi connectivity index (χ3v) is 5.47. The van der Waals surface area contributed by atoms with Crippen molar-refractivity contribution in [3.8, 4) is 11.5 Å². The molecule has 4 rings (SSSR count). The lowest BCUT2D eigenvalue weighted by Gasteiger charge is -2.10. The van der Waals surface area contributed by atoms with Crippen LogP contribution in [0.1, 0.15) is 11.1 Å². The number of benzene rings is 2. The van der Waals surface area contributed by atoms with Crippen LogP contribution < -0.4 is 26.0 Å². The molecule has 0 aliphatic heterocycles. The summed E-state index contributed by atoms with van der Waals surface area (Å²) in [4.78, 5) is 30.4. The van der Waals surface area contributed by atoms with E-state index in [2.05, 4.69) is 10.3 Å².